The normalized spacial score (nSPS) is 16.9. The molecule has 10 heteroatoms. The van der Waals surface area contributed by atoms with Crippen molar-refractivity contribution < 1.29 is 27.4 Å². The van der Waals surface area contributed by atoms with E-state index in [9.17, 15) is 18.0 Å². The molecular formula is C41H39ClF3N3O3. The third kappa shape index (κ3) is 7.55. The zero-order valence-electron chi connectivity index (χ0n) is 28.5. The molecule has 0 saturated heterocycles. The van der Waals surface area contributed by atoms with E-state index < -0.39 is 17.7 Å². The number of alkyl halides is 3. The van der Waals surface area contributed by atoms with E-state index in [0.717, 1.165) is 77.5 Å². The van der Waals surface area contributed by atoms with E-state index in [1.54, 1.807) is 6.20 Å². The van der Waals surface area contributed by atoms with Crippen LogP contribution in [0.15, 0.2) is 96.4 Å². The molecule has 2 N–H and O–H groups in total. The predicted molar refractivity (Wildman–Crippen MR) is 196 cm³/mol. The Morgan fingerprint density at radius 1 is 0.922 bits per heavy atom. The molecule has 264 valence electrons. The van der Waals surface area contributed by atoms with E-state index in [0.29, 0.717) is 52.9 Å². The summed E-state index contributed by atoms with van der Waals surface area (Å²) in [4.78, 5) is 18.1. The van der Waals surface area contributed by atoms with Crippen LogP contribution in [0.25, 0.3) is 21.7 Å². The molecule has 0 spiro atoms. The van der Waals surface area contributed by atoms with Crippen LogP contribution >= 0.6 is 11.6 Å². The number of nitrogens with one attached hydrogen (secondary N) is 2. The number of rotatable bonds is 11. The summed E-state index contributed by atoms with van der Waals surface area (Å²) in [6, 6.07) is 22.5. The topological polar surface area (TPSA) is 72.5 Å². The lowest BCUT2D eigenvalue weighted by atomic mass is 9.69. The maximum absolute atomic E-state index is 13.7. The second kappa shape index (κ2) is 14.2. The minimum Gasteiger partial charge on any atom is -0.494 e. The molecule has 4 aromatic carbocycles. The SMILES string of the molecule is CC1(C)CC(=O)C2=C(C1)Oc1ccc3ccc(OCCCNCCCNc4ccnc5cc(Cl)ccc45)cc3c1C2c1ccc(C(F)(F)F)cc1. The van der Waals surface area contributed by atoms with E-state index in [1.165, 1.54) is 12.1 Å². The number of hydrogen-bond donors (Lipinski definition) is 2. The number of allylic oxidation sites excluding steroid dienone is 2. The van der Waals surface area contributed by atoms with Gasteiger partial charge in [0.05, 0.1) is 17.7 Å². The molecule has 2 heterocycles. The maximum Gasteiger partial charge on any atom is 0.416 e. The fourth-order valence-electron chi connectivity index (χ4n) is 7.17. The molecule has 0 saturated carbocycles. The predicted octanol–water partition coefficient (Wildman–Crippen LogP) is 10.1. The van der Waals surface area contributed by atoms with Crippen LogP contribution in [0.2, 0.25) is 5.02 Å². The quantitative estimate of drug-likeness (QED) is 0.133. The first-order valence-electron chi connectivity index (χ1n) is 17.3. The number of nitrogens with zero attached hydrogens (tertiary/aromatic N) is 1. The highest BCUT2D eigenvalue weighted by Crippen LogP contribution is 2.52. The van der Waals surface area contributed by atoms with Crippen LogP contribution in [0.3, 0.4) is 0 Å². The molecule has 0 radical (unpaired) electrons. The van der Waals surface area contributed by atoms with Gasteiger partial charge in [0.25, 0.3) is 0 Å². The van der Waals surface area contributed by atoms with Gasteiger partial charge >= 0.3 is 6.18 Å². The lowest BCUT2D eigenvalue weighted by Crippen LogP contribution is -2.33. The first-order chi connectivity index (χ1) is 24.5. The smallest absolute Gasteiger partial charge is 0.416 e. The summed E-state index contributed by atoms with van der Waals surface area (Å²) in [6.07, 6.45) is -0.0448. The van der Waals surface area contributed by atoms with Crippen LogP contribution < -0.4 is 20.1 Å². The number of hydrogen-bond acceptors (Lipinski definition) is 6. The van der Waals surface area contributed by atoms with Gasteiger partial charge in [-0.3, -0.25) is 9.78 Å². The van der Waals surface area contributed by atoms with Crippen LogP contribution in [0.5, 0.6) is 11.5 Å². The number of halogens is 4. The summed E-state index contributed by atoms with van der Waals surface area (Å²) in [5.41, 5.74) is 2.79. The molecule has 1 aromatic heterocycles. The van der Waals surface area contributed by atoms with Gasteiger partial charge in [-0.25, -0.2) is 0 Å². The van der Waals surface area contributed by atoms with Crippen LogP contribution in [0.4, 0.5) is 18.9 Å². The van der Waals surface area contributed by atoms with Crippen molar-refractivity contribution in [1.82, 2.24) is 10.3 Å². The number of benzene rings is 4. The third-order valence-corrected chi connectivity index (χ3v) is 9.81. The average Bonchev–Trinajstić information content (AvgIpc) is 3.09. The number of carbonyl (C=O) groups excluding carboxylic acids is 1. The molecule has 1 unspecified atom stereocenters. The molecule has 1 atom stereocenters. The first-order valence-corrected chi connectivity index (χ1v) is 17.6. The molecule has 1 aliphatic heterocycles. The number of Topliss-reactive ketones (excluding diaryl/α,β-unsaturated/α-hetero) is 1. The molecule has 1 aliphatic carbocycles. The van der Waals surface area contributed by atoms with Gasteiger partial charge in [0, 0.05) is 58.7 Å². The first kappa shape index (κ1) is 34.8. The summed E-state index contributed by atoms with van der Waals surface area (Å²) >= 11 is 6.10. The number of fused-ring (bicyclic) bond motifs is 4. The Balaban J connectivity index is 1.01. The minimum atomic E-state index is -4.46. The lowest BCUT2D eigenvalue weighted by Gasteiger charge is -2.39. The zero-order chi connectivity index (χ0) is 35.8. The Morgan fingerprint density at radius 2 is 1.71 bits per heavy atom. The monoisotopic (exact) mass is 713 g/mol. The van der Waals surface area contributed by atoms with E-state index in [1.807, 2.05) is 68.4 Å². The van der Waals surface area contributed by atoms with Crippen molar-refractivity contribution in [3.8, 4) is 11.5 Å². The Kier molecular flexibility index (Phi) is 9.70. The van der Waals surface area contributed by atoms with Gasteiger partial charge in [0.2, 0.25) is 0 Å². The second-order valence-corrected chi connectivity index (χ2v) is 14.5. The molecule has 51 heavy (non-hydrogen) atoms. The molecule has 5 aromatic rings. The van der Waals surface area contributed by atoms with Crippen molar-refractivity contribution in [1.29, 1.82) is 0 Å². The van der Waals surface area contributed by atoms with Crippen LogP contribution in [-0.2, 0) is 11.0 Å². The molecular weight excluding hydrogens is 675 g/mol. The molecule has 0 amide bonds. The highest BCUT2D eigenvalue weighted by molar-refractivity contribution is 6.31. The fourth-order valence-corrected chi connectivity index (χ4v) is 7.33. The fraction of sp³-hybridized carbons (Fsp3) is 0.317. The maximum atomic E-state index is 13.7. The van der Waals surface area contributed by atoms with Crippen LogP contribution in [0.1, 0.15) is 62.1 Å². The Labute approximate surface area is 300 Å². The highest BCUT2D eigenvalue weighted by Gasteiger charge is 2.43. The number of ether oxygens (including phenoxy) is 2. The summed E-state index contributed by atoms with van der Waals surface area (Å²) in [5, 5.41) is 10.4. The molecule has 2 aliphatic rings. The summed E-state index contributed by atoms with van der Waals surface area (Å²) in [7, 11) is 0. The van der Waals surface area contributed by atoms with E-state index >= 15 is 0 Å². The summed E-state index contributed by atoms with van der Waals surface area (Å²) in [6.45, 7) is 7.01. The van der Waals surface area contributed by atoms with Crippen LogP contribution in [-0.4, -0.2) is 37.0 Å². The Morgan fingerprint density at radius 3 is 2.51 bits per heavy atom. The molecule has 6 nitrogen and oxygen atoms in total. The average molecular weight is 714 g/mol. The summed E-state index contributed by atoms with van der Waals surface area (Å²) in [5.74, 6) is 1.27. The van der Waals surface area contributed by atoms with Crippen molar-refractivity contribution in [3.63, 3.8) is 0 Å². The third-order valence-electron chi connectivity index (χ3n) is 9.57. The van der Waals surface area contributed by atoms with Crippen molar-refractivity contribution in [2.75, 3.05) is 31.6 Å². The Bertz CT molecular complexity index is 2130. The number of anilines is 1. The lowest BCUT2D eigenvalue weighted by molar-refractivity contribution is -0.137. The van der Waals surface area contributed by atoms with Crippen molar-refractivity contribution in [2.45, 2.75) is 51.6 Å². The van der Waals surface area contributed by atoms with Gasteiger partial charge in [-0.1, -0.05) is 49.7 Å². The van der Waals surface area contributed by atoms with Gasteiger partial charge in [-0.05, 0) is 102 Å². The number of pyridine rings is 1. The van der Waals surface area contributed by atoms with E-state index in [-0.39, 0.29) is 11.2 Å². The minimum absolute atomic E-state index is 0.0410. The largest absolute Gasteiger partial charge is 0.494 e. The van der Waals surface area contributed by atoms with E-state index in [2.05, 4.69) is 15.6 Å². The van der Waals surface area contributed by atoms with Gasteiger partial charge in [-0.2, -0.15) is 13.2 Å². The van der Waals surface area contributed by atoms with Gasteiger partial charge in [0.15, 0.2) is 5.78 Å². The van der Waals surface area contributed by atoms with Crippen molar-refractivity contribution in [2.24, 2.45) is 5.41 Å². The van der Waals surface area contributed by atoms with Gasteiger partial charge in [-0.15, -0.1) is 0 Å². The van der Waals surface area contributed by atoms with Gasteiger partial charge in [0.1, 0.15) is 17.3 Å². The summed E-state index contributed by atoms with van der Waals surface area (Å²) < 4.78 is 53.1. The van der Waals surface area contributed by atoms with Crippen molar-refractivity contribution >= 4 is 44.7 Å². The molecule has 0 fully saturated rings. The second-order valence-electron chi connectivity index (χ2n) is 14.0. The van der Waals surface area contributed by atoms with Crippen molar-refractivity contribution in [3.05, 3.63) is 118 Å². The van der Waals surface area contributed by atoms with E-state index in [4.69, 9.17) is 21.1 Å². The number of carbonyl (C=O) groups is 1. The zero-order valence-corrected chi connectivity index (χ0v) is 29.3. The Hall–Kier alpha value is -4.60. The molecule has 7 rings (SSSR count). The van der Waals surface area contributed by atoms with Crippen LogP contribution in [0, 0.1) is 5.41 Å². The number of aromatic nitrogens is 1. The van der Waals surface area contributed by atoms with Gasteiger partial charge < -0.3 is 20.1 Å². The number of ketones is 1. The highest BCUT2D eigenvalue weighted by atomic mass is 35.5. The molecule has 0 bridgehead atoms. The standard InChI is InChI=1S/C41H39ClF3N3O3/c1-40(2)23-34(49)39-36(24-40)51-35-14-8-25-7-12-29(22-31(25)38(35)37(39)26-5-9-27(10-6-26)41(43,44)45)50-20-4-17-46-16-3-18-47-32-15-19-48-33-21-28(42)11-13-30(32)33/h5-15,19,21-22,37,46H,3-4,16-18,20,23-24H2,1-2H3,(H,47,48).